The minimum absolute atomic E-state index is 0.0539. The van der Waals surface area contributed by atoms with Crippen LogP contribution in [0.5, 0.6) is 5.75 Å². The minimum Gasteiger partial charge on any atom is -0.486 e. The molecule has 196 valence electrons. The lowest BCUT2D eigenvalue weighted by molar-refractivity contribution is -0.192. The number of rotatable bonds is 8. The van der Waals surface area contributed by atoms with Crippen LogP contribution in [0.1, 0.15) is 30.1 Å². The Hall–Kier alpha value is -2.67. The van der Waals surface area contributed by atoms with Crippen molar-refractivity contribution >= 4 is 17.7 Å². The summed E-state index contributed by atoms with van der Waals surface area (Å²) in [4.78, 5) is 13.6. The number of alkyl halides is 3. The summed E-state index contributed by atoms with van der Waals surface area (Å²) < 4.78 is 38.1. The van der Waals surface area contributed by atoms with Gasteiger partial charge < -0.3 is 19.6 Å². The number of carboxylic acid groups (broad SMARTS) is 1. The quantitative estimate of drug-likeness (QED) is 0.482. The smallest absolute Gasteiger partial charge is 0.486 e. The first kappa shape index (κ1) is 29.6. The van der Waals surface area contributed by atoms with Crippen molar-refractivity contribution in [3.8, 4) is 17.6 Å². The van der Waals surface area contributed by atoms with Crippen LogP contribution in [0.15, 0.2) is 54.6 Å². The van der Waals surface area contributed by atoms with Crippen LogP contribution in [0.25, 0.3) is 0 Å². The van der Waals surface area contributed by atoms with Gasteiger partial charge in [-0.3, -0.25) is 0 Å². The summed E-state index contributed by atoms with van der Waals surface area (Å²) in [6.45, 7) is 4.47. The molecule has 36 heavy (non-hydrogen) atoms. The van der Waals surface area contributed by atoms with Crippen molar-refractivity contribution in [3.05, 3.63) is 65.7 Å². The number of thioether (sulfide) groups is 1. The van der Waals surface area contributed by atoms with Gasteiger partial charge in [0.2, 0.25) is 0 Å². The first-order valence-corrected chi connectivity index (χ1v) is 12.9. The van der Waals surface area contributed by atoms with Crippen LogP contribution >= 0.6 is 11.8 Å². The van der Waals surface area contributed by atoms with E-state index in [1.807, 2.05) is 18.2 Å². The molecule has 0 aromatic heterocycles. The number of carbonyl (C=O) groups is 1. The van der Waals surface area contributed by atoms with Crippen molar-refractivity contribution in [2.45, 2.75) is 25.1 Å². The Morgan fingerprint density at radius 3 is 2.28 bits per heavy atom. The average Bonchev–Trinajstić information content (AvgIpc) is 2.86. The average molecular weight is 523 g/mol. The van der Waals surface area contributed by atoms with E-state index in [9.17, 15) is 13.2 Å². The van der Waals surface area contributed by atoms with Gasteiger partial charge in [0.25, 0.3) is 0 Å². The SMILES string of the molecule is CN(C)CCC(Oc1ccc(C#CCCN2CCSCC2)cc1)c1ccccc1.O=C(O)C(F)(F)F. The monoisotopic (exact) mass is 522 g/mol. The van der Waals surface area contributed by atoms with Crippen LogP contribution in [0.2, 0.25) is 0 Å². The summed E-state index contributed by atoms with van der Waals surface area (Å²) in [6.07, 6.45) is -3.14. The highest BCUT2D eigenvalue weighted by Gasteiger charge is 2.38. The Morgan fingerprint density at radius 2 is 1.72 bits per heavy atom. The predicted octanol–water partition coefficient (Wildman–Crippen LogP) is 5.18. The highest BCUT2D eigenvalue weighted by atomic mass is 32.2. The lowest BCUT2D eigenvalue weighted by Crippen LogP contribution is -2.33. The fourth-order valence-electron chi connectivity index (χ4n) is 3.32. The summed E-state index contributed by atoms with van der Waals surface area (Å²) >= 11 is 2.05. The molecule has 0 radical (unpaired) electrons. The summed E-state index contributed by atoms with van der Waals surface area (Å²) in [7, 11) is 4.19. The van der Waals surface area contributed by atoms with E-state index in [4.69, 9.17) is 14.6 Å². The molecule has 1 atom stereocenters. The largest absolute Gasteiger partial charge is 0.490 e. The van der Waals surface area contributed by atoms with Crippen LogP contribution in [0, 0.1) is 11.8 Å². The van der Waals surface area contributed by atoms with Gasteiger partial charge in [-0.25, -0.2) is 4.79 Å². The maximum atomic E-state index is 10.6. The zero-order chi connectivity index (χ0) is 26.4. The van der Waals surface area contributed by atoms with E-state index in [1.54, 1.807) is 0 Å². The summed E-state index contributed by atoms with van der Waals surface area (Å²) in [6, 6.07) is 18.7. The molecule has 5 nitrogen and oxygen atoms in total. The van der Waals surface area contributed by atoms with Gasteiger partial charge >= 0.3 is 12.1 Å². The molecule has 1 saturated heterocycles. The number of benzene rings is 2. The van der Waals surface area contributed by atoms with E-state index in [-0.39, 0.29) is 6.10 Å². The van der Waals surface area contributed by atoms with Crippen molar-refractivity contribution in [3.63, 3.8) is 0 Å². The third-order valence-electron chi connectivity index (χ3n) is 5.27. The summed E-state index contributed by atoms with van der Waals surface area (Å²) in [5.74, 6) is 7.27. The van der Waals surface area contributed by atoms with E-state index in [0.717, 1.165) is 37.2 Å². The highest BCUT2D eigenvalue weighted by molar-refractivity contribution is 7.99. The maximum Gasteiger partial charge on any atom is 0.490 e. The van der Waals surface area contributed by atoms with E-state index in [1.165, 1.54) is 30.2 Å². The van der Waals surface area contributed by atoms with Gasteiger partial charge in [-0.15, -0.1) is 0 Å². The third-order valence-corrected chi connectivity index (χ3v) is 6.22. The number of ether oxygens (including phenoxy) is 1. The Bertz CT molecular complexity index is 968. The molecule has 0 saturated carbocycles. The second kappa shape index (κ2) is 15.4. The normalized spacial score (nSPS) is 14.7. The molecule has 0 bridgehead atoms. The number of nitrogens with zero attached hydrogens (tertiary/aromatic N) is 2. The van der Waals surface area contributed by atoms with Gasteiger partial charge in [-0.1, -0.05) is 42.2 Å². The molecule has 0 amide bonds. The molecule has 9 heteroatoms. The van der Waals surface area contributed by atoms with Gasteiger partial charge in [0.1, 0.15) is 11.9 Å². The Kier molecular flexibility index (Phi) is 12.7. The lowest BCUT2D eigenvalue weighted by atomic mass is 10.1. The second-order valence-corrected chi connectivity index (χ2v) is 9.67. The topological polar surface area (TPSA) is 53.0 Å². The first-order chi connectivity index (χ1) is 17.1. The standard InChI is InChI=1S/C25H32N2OS.C2HF3O2/c1-26(2)17-15-25(23-9-4-3-5-10-23)28-24-13-11-22(12-14-24)8-6-7-16-27-18-20-29-21-19-27;3-2(4,5)1(6)7/h3-5,9-14,25H,7,15-21H2,1-2H3;(H,6,7). The number of carboxylic acids is 1. The maximum absolute atomic E-state index is 10.6. The molecule has 1 N–H and O–H groups in total. The minimum atomic E-state index is -5.08. The third kappa shape index (κ3) is 11.8. The number of hydrogen-bond acceptors (Lipinski definition) is 5. The fraction of sp³-hybridized carbons (Fsp3) is 0.444. The molecule has 3 rings (SSSR count). The van der Waals surface area contributed by atoms with Crippen molar-refractivity contribution in [2.24, 2.45) is 0 Å². The fourth-order valence-corrected chi connectivity index (χ4v) is 4.30. The van der Waals surface area contributed by atoms with Crippen molar-refractivity contribution in [1.29, 1.82) is 0 Å². The molecule has 0 spiro atoms. The summed E-state index contributed by atoms with van der Waals surface area (Å²) in [5.41, 5.74) is 2.27. The van der Waals surface area contributed by atoms with Gasteiger partial charge in [-0.05, 0) is 43.9 Å². The summed E-state index contributed by atoms with van der Waals surface area (Å²) in [5, 5.41) is 7.12. The Balaban J connectivity index is 0.000000572. The molecular formula is C27H33F3N2O3S. The lowest BCUT2D eigenvalue weighted by Gasteiger charge is -2.24. The molecule has 2 aromatic rings. The number of aliphatic carboxylic acids is 1. The van der Waals surface area contributed by atoms with Gasteiger partial charge in [-0.2, -0.15) is 24.9 Å². The van der Waals surface area contributed by atoms with Crippen LogP contribution in [-0.4, -0.2) is 78.8 Å². The zero-order valence-corrected chi connectivity index (χ0v) is 21.4. The van der Waals surface area contributed by atoms with E-state index in [0.29, 0.717) is 0 Å². The van der Waals surface area contributed by atoms with Crippen LogP contribution in [-0.2, 0) is 4.79 Å². The molecular weight excluding hydrogens is 489 g/mol. The van der Waals surface area contributed by atoms with Crippen LogP contribution in [0.4, 0.5) is 13.2 Å². The molecule has 1 unspecified atom stereocenters. The van der Waals surface area contributed by atoms with E-state index in [2.05, 4.69) is 83.9 Å². The molecule has 1 aliphatic rings. The molecule has 1 heterocycles. The van der Waals surface area contributed by atoms with Gasteiger partial charge in [0.15, 0.2) is 0 Å². The Morgan fingerprint density at radius 1 is 1.11 bits per heavy atom. The van der Waals surface area contributed by atoms with Gasteiger partial charge in [0.05, 0.1) is 0 Å². The number of hydrogen-bond donors (Lipinski definition) is 1. The molecule has 0 aliphatic carbocycles. The zero-order valence-electron chi connectivity index (χ0n) is 20.6. The molecule has 1 aliphatic heterocycles. The van der Waals surface area contributed by atoms with Crippen molar-refractivity contribution < 1.29 is 27.8 Å². The van der Waals surface area contributed by atoms with Gasteiger partial charge in [0, 0.05) is 56.1 Å². The van der Waals surface area contributed by atoms with E-state index >= 15 is 0 Å². The number of halogens is 3. The first-order valence-electron chi connectivity index (χ1n) is 11.7. The molecule has 1 fully saturated rings. The van der Waals surface area contributed by atoms with Crippen LogP contribution < -0.4 is 4.74 Å². The second-order valence-electron chi connectivity index (χ2n) is 8.44. The predicted molar refractivity (Wildman–Crippen MR) is 138 cm³/mol. The van der Waals surface area contributed by atoms with Crippen LogP contribution in [0.3, 0.4) is 0 Å². The van der Waals surface area contributed by atoms with Crippen molar-refractivity contribution in [1.82, 2.24) is 9.80 Å². The molecule has 2 aromatic carbocycles. The van der Waals surface area contributed by atoms with Crippen molar-refractivity contribution in [2.75, 3.05) is 51.8 Å². The van der Waals surface area contributed by atoms with E-state index < -0.39 is 12.1 Å². The highest BCUT2D eigenvalue weighted by Crippen LogP contribution is 2.25. The Labute approximate surface area is 215 Å².